The van der Waals surface area contributed by atoms with E-state index in [1.165, 1.54) is 24.3 Å². The average molecular weight is 383 g/mol. The van der Waals surface area contributed by atoms with Crippen molar-refractivity contribution in [3.05, 3.63) is 75.2 Å². The first-order valence-corrected chi connectivity index (χ1v) is 8.60. The number of carbonyl (C=O) groups excluding carboxylic acids is 3. The van der Waals surface area contributed by atoms with Gasteiger partial charge in [-0.1, -0.05) is 30.3 Å². The fraction of sp³-hybridized carbons (Fsp3) is 0.0556. The van der Waals surface area contributed by atoms with Gasteiger partial charge < -0.3 is 5.32 Å². The molecule has 8 nitrogen and oxygen atoms in total. The van der Waals surface area contributed by atoms with E-state index in [0.29, 0.717) is 5.69 Å². The molecule has 1 N–H and O–H groups in total. The Bertz CT molecular complexity index is 941. The number of non-ortho nitro benzene ring substituents is 1. The van der Waals surface area contributed by atoms with E-state index in [-0.39, 0.29) is 10.6 Å². The van der Waals surface area contributed by atoms with E-state index < -0.39 is 28.5 Å². The topological polar surface area (TPSA) is 110 Å². The predicted octanol–water partition coefficient (Wildman–Crippen LogP) is 3.27. The lowest BCUT2D eigenvalue weighted by Crippen LogP contribution is -2.36. The van der Waals surface area contributed by atoms with E-state index in [2.05, 4.69) is 5.32 Å². The summed E-state index contributed by atoms with van der Waals surface area (Å²) in [6, 6.07) is 14.3. The van der Waals surface area contributed by atoms with Crippen LogP contribution in [0.4, 0.5) is 16.2 Å². The first-order chi connectivity index (χ1) is 12.9. The van der Waals surface area contributed by atoms with Crippen molar-refractivity contribution < 1.29 is 19.3 Å². The van der Waals surface area contributed by atoms with Gasteiger partial charge in [-0.2, -0.15) is 0 Å². The molecular formula is C18H13N3O5S. The van der Waals surface area contributed by atoms with Gasteiger partial charge in [0.2, 0.25) is 5.91 Å². The second-order valence-corrected chi connectivity index (χ2v) is 6.52. The number of hydrogen-bond donors (Lipinski definition) is 1. The van der Waals surface area contributed by atoms with Gasteiger partial charge in [0.1, 0.15) is 6.54 Å². The molecule has 1 aliphatic heterocycles. The number of imide groups is 1. The van der Waals surface area contributed by atoms with Crippen LogP contribution < -0.4 is 5.32 Å². The number of benzene rings is 2. The smallest absolute Gasteiger partial charge is 0.294 e. The molecule has 1 fully saturated rings. The summed E-state index contributed by atoms with van der Waals surface area (Å²) >= 11 is 0.774. The molecule has 1 aliphatic rings. The number of nitro benzene ring substituents is 1. The molecule has 3 rings (SSSR count). The largest absolute Gasteiger partial charge is 0.325 e. The highest BCUT2D eigenvalue weighted by molar-refractivity contribution is 8.18. The molecular weight excluding hydrogens is 370 g/mol. The van der Waals surface area contributed by atoms with E-state index in [9.17, 15) is 24.5 Å². The van der Waals surface area contributed by atoms with E-state index >= 15 is 0 Å². The number of nitrogens with one attached hydrogen (secondary N) is 1. The summed E-state index contributed by atoms with van der Waals surface area (Å²) in [6.07, 6.45) is 1.60. The molecule has 0 aliphatic carbocycles. The van der Waals surface area contributed by atoms with Crippen LogP contribution in [0.5, 0.6) is 0 Å². The predicted molar refractivity (Wildman–Crippen MR) is 101 cm³/mol. The highest BCUT2D eigenvalue weighted by Gasteiger charge is 2.36. The van der Waals surface area contributed by atoms with E-state index in [0.717, 1.165) is 22.2 Å². The Morgan fingerprint density at radius 2 is 1.78 bits per heavy atom. The van der Waals surface area contributed by atoms with Crippen LogP contribution in [0.3, 0.4) is 0 Å². The van der Waals surface area contributed by atoms with Crippen molar-refractivity contribution in [2.75, 3.05) is 11.9 Å². The molecule has 0 saturated carbocycles. The third kappa shape index (κ3) is 4.39. The number of amides is 3. The molecule has 136 valence electrons. The highest BCUT2D eigenvalue weighted by atomic mass is 32.2. The van der Waals surface area contributed by atoms with E-state index in [4.69, 9.17) is 0 Å². The Balaban J connectivity index is 1.65. The first-order valence-electron chi connectivity index (χ1n) is 7.79. The maximum absolute atomic E-state index is 12.4. The van der Waals surface area contributed by atoms with Crippen molar-refractivity contribution in [1.82, 2.24) is 4.90 Å². The summed E-state index contributed by atoms with van der Waals surface area (Å²) in [5.74, 6) is -1.11. The van der Waals surface area contributed by atoms with Crippen LogP contribution in [0.1, 0.15) is 5.56 Å². The molecule has 27 heavy (non-hydrogen) atoms. The van der Waals surface area contributed by atoms with Gasteiger partial charge in [0.15, 0.2) is 0 Å². The van der Waals surface area contributed by atoms with Gasteiger partial charge in [-0.05, 0) is 35.5 Å². The van der Waals surface area contributed by atoms with Gasteiger partial charge in [0.25, 0.3) is 16.8 Å². The fourth-order valence-electron chi connectivity index (χ4n) is 2.35. The van der Waals surface area contributed by atoms with Crippen molar-refractivity contribution >= 4 is 46.3 Å². The number of anilines is 1. The number of nitro groups is 1. The van der Waals surface area contributed by atoms with Crippen LogP contribution >= 0.6 is 11.8 Å². The standard InChI is InChI=1S/C18H13N3O5S/c22-16(19-13-6-8-14(9-7-13)21(25)26)11-20-17(23)15(27-18(20)24)10-12-4-2-1-3-5-12/h1-10H,11H2,(H,19,22)/b15-10-. The van der Waals surface area contributed by atoms with Gasteiger partial charge in [-0.3, -0.25) is 29.4 Å². The third-order valence-corrected chi connectivity index (χ3v) is 4.54. The summed E-state index contributed by atoms with van der Waals surface area (Å²) in [5, 5.41) is 12.6. The zero-order valence-electron chi connectivity index (χ0n) is 13.8. The maximum Gasteiger partial charge on any atom is 0.294 e. The number of nitrogens with zero attached hydrogens (tertiary/aromatic N) is 2. The highest BCUT2D eigenvalue weighted by Crippen LogP contribution is 2.32. The second kappa shape index (κ2) is 7.83. The summed E-state index contributed by atoms with van der Waals surface area (Å²) in [5.41, 5.74) is 1.00. The number of rotatable bonds is 5. The molecule has 0 spiro atoms. The lowest BCUT2D eigenvalue weighted by molar-refractivity contribution is -0.384. The van der Waals surface area contributed by atoms with Crippen molar-refractivity contribution in [1.29, 1.82) is 0 Å². The van der Waals surface area contributed by atoms with Gasteiger partial charge in [-0.15, -0.1) is 0 Å². The van der Waals surface area contributed by atoms with Crippen molar-refractivity contribution in [2.45, 2.75) is 0 Å². The van der Waals surface area contributed by atoms with Crippen LogP contribution in [-0.2, 0) is 9.59 Å². The Kier molecular flexibility index (Phi) is 5.32. The molecule has 0 aromatic heterocycles. The Hall–Kier alpha value is -3.46. The monoisotopic (exact) mass is 383 g/mol. The van der Waals surface area contributed by atoms with E-state index in [1.807, 2.05) is 18.2 Å². The first kappa shape index (κ1) is 18.3. The van der Waals surface area contributed by atoms with Crippen molar-refractivity contribution in [2.24, 2.45) is 0 Å². The molecule has 1 heterocycles. The zero-order chi connectivity index (χ0) is 19.4. The van der Waals surface area contributed by atoms with Gasteiger partial charge in [0, 0.05) is 17.8 Å². The van der Waals surface area contributed by atoms with Crippen LogP contribution in [-0.4, -0.2) is 33.4 Å². The SMILES string of the molecule is O=C(CN1C(=O)S/C(=C\c2ccccc2)C1=O)Nc1ccc([N+](=O)[O-])cc1. The van der Waals surface area contributed by atoms with Crippen molar-refractivity contribution in [3.63, 3.8) is 0 Å². The number of hydrogen-bond acceptors (Lipinski definition) is 6. The summed E-state index contributed by atoms with van der Waals surface area (Å²) in [6.45, 7) is -0.437. The normalized spacial score (nSPS) is 15.3. The zero-order valence-corrected chi connectivity index (χ0v) is 14.6. The fourth-order valence-corrected chi connectivity index (χ4v) is 3.19. The van der Waals surface area contributed by atoms with Crippen LogP contribution in [0, 0.1) is 10.1 Å². The minimum Gasteiger partial charge on any atom is -0.325 e. The third-order valence-electron chi connectivity index (χ3n) is 3.63. The second-order valence-electron chi connectivity index (χ2n) is 5.53. The Morgan fingerprint density at radius 1 is 1.11 bits per heavy atom. The van der Waals surface area contributed by atoms with E-state index in [1.54, 1.807) is 18.2 Å². The summed E-state index contributed by atoms with van der Waals surface area (Å²) in [4.78, 5) is 47.8. The molecule has 0 unspecified atom stereocenters. The quantitative estimate of drug-likeness (QED) is 0.482. The van der Waals surface area contributed by atoms with Gasteiger partial charge in [-0.25, -0.2) is 0 Å². The van der Waals surface area contributed by atoms with Gasteiger partial charge in [0.05, 0.1) is 9.83 Å². The molecule has 9 heteroatoms. The Morgan fingerprint density at radius 3 is 2.41 bits per heavy atom. The summed E-state index contributed by atoms with van der Waals surface area (Å²) < 4.78 is 0. The molecule has 1 saturated heterocycles. The minimum absolute atomic E-state index is 0.106. The number of thioether (sulfide) groups is 1. The molecule has 3 amide bonds. The lowest BCUT2D eigenvalue weighted by atomic mass is 10.2. The Labute approximate surface area is 158 Å². The van der Waals surface area contributed by atoms with Crippen LogP contribution in [0.15, 0.2) is 59.5 Å². The minimum atomic E-state index is -0.577. The molecule has 0 bridgehead atoms. The molecule has 0 atom stereocenters. The maximum atomic E-state index is 12.4. The average Bonchev–Trinajstić information content (AvgIpc) is 2.90. The van der Waals surface area contributed by atoms with Crippen LogP contribution in [0.2, 0.25) is 0 Å². The molecule has 0 radical (unpaired) electrons. The molecule has 2 aromatic rings. The van der Waals surface area contributed by atoms with Crippen LogP contribution in [0.25, 0.3) is 6.08 Å². The van der Waals surface area contributed by atoms with Gasteiger partial charge >= 0.3 is 0 Å². The number of carbonyl (C=O) groups is 3. The lowest BCUT2D eigenvalue weighted by Gasteiger charge is -2.12. The summed E-state index contributed by atoms with van der Waals surface area (Å²) in [7, 11) is 0. The van der Waals surface area contributed by atoms with Crippen molar-refractivity contribution in [3.8, 4) is 0 Å². The molecule has 2 aromatic carbocycles.